The molecule has 0 unspecified atom stereocenters. The number of furan rings is 1. The van der Waals surface area contributed by atoms with Crippen molar-refractivity contribution < 1.29 is 14.0 Å². The van der Waals surface area contributed by atoms with E-state index < -0.39 is 5.54 Å². The summed E-state index contributed by atoms with van der Waals surface area (Å²) in [6.45, 7) is 5.91. The van der Waals surface area contributed by atoms with Crippen LogP contribution in [0.4, 0.5) is 0 Å². The van der Waals surface area contributed by atoms with E-state index in [1.54, 1.807) is 6.26 Å². The summed E-state index contributed by atoms with van der Waals surface area (Å²) in [4.78, 5) is 32.3. The van der Waals surface area contributed by atoms with Crippen molar-refractivity contribution in [1.29, 1.82) is 0 Å². The van der Waals surface area contributed by atoms with Crippen LogP contribution in [0.2, 0.25) is 0 Å². The minimum atomic E-state index is -0.960. The van der Waals surface area contributed by atoms with Gasteiger partial charge in [-0.3, -0.25) is 9.59 Å². The van der Waals surface area contributed by atoms with Crippen LogP contribution in [0.3, 0.4) is 0 Å². The number of hydrogen-bond donors (Lipinski definition) is 1. The third-order valence-electron chi connectivity index (χ3n) is 8.55. The smallest absolute Gasteiger partial charge is 0.271 e. The molecule has 7 nitrogen and oxygen atoms in total. The Morgan fingerprint density at radius 3 is 2.31 bits per heavy atom. The molecule has 2 amide bonds. The van der Waals surface area contributed by atoms with Gasteiger partial charge < -0.3 is 24.1 Å². The van der Waals surface area contributed by atoms with E-state index in [-0.39, 0.29) is 17.9 Å². The van der Waals surface area contributed by atoms with E-state index in [1.165, 1.54) is 44.9 Å². The van der Waals surface area contributed by atoms with Gasteiger partial charge in [0.05, 0.1) is 18.5 Å². The van der Waals surface area contributed by atoms with Crippen LogP contribution in [0, 0.1) is 0 Å². The van der Waals surface area contributed by atoms with Crippen molar-refractivity contribution in [3.05, 3.63) is 36.2 Å². The molecule has 0 bridgehead atoms. The van der Waals surface area contributed by atoms with Gasteiger partial charge in [0.1, 0.15) is 17.0 Å². The maximum absolute atomic E-state index is 14.0. The molecule has 0 aromatic carbocycles. The molecule has 1 saturated heterocycles. The summed E-state index contributed by atoms with van der Waals surface area (Å²) >= 11 is 0. The maximum Gasteiger partial charge on any atom is 0.271 e. The predicted octanol–water partition coefficient (Wildman–Crippen LogP) is 5.07. The number of carbonyl (C=O) groups is 2. The van der Waals surface area contributed by atoms with Crippen LogP contribution in [0.25, 0.3) is 11.5 Å². The zero-order valence-corrected chi connectivity index (χ0v) is 21.8. The van der Waals surface area contributed by atoms with Crippen molar-refractivity contribution in [2.24, 2.45) is 0 Å². The van der Waals surface area contributed by atoms with Gasteiger partial charge in [-0.15, -0.1) is 0 Å². The highest BCUT2D eigenvalue weighted by molar-refractivity contribution is 6.00. The van der Waals surface area contributed by atoms with Crippen LogP contribution >= 0.6 is 0 Å². The first-order chi connectivity index (χ1) is 17.6. The number of rotatable bonds is 6. The molecular formula is C29H42N4O3. The lowest BCUT2D eigenvalue weighted by atomic mass is 9.92. The summed E-state index contributed by atoms with van der Waals surface area (Å²) in [5.74, 6) is 0.626. The molecule has 2 aliphatic heterocycles. The summed E-state index contributed by atoms with van der Waals surface area (Å²) in [6.07, 6.45) is 14.8. The van der Waals surface area contributed by atoms with Crippen molar-refractivity contribution in [3.8, 4) is 11.5 Å². The van der Waals surface area contributed by atoms with Gasteiger partial charge in [0.15, 0.2) is 0 Å². The average Bonchev–Trinajstić information content (AvgIpc) is 3.45. The van der Waals surface area contributed by atoms with E-state index in [1.807, 2.05) is 40.7 Å². The van der Waals surface area contributed by atoms with E-state index >= 15 is 0 Å². The van der Waals surface area contributed by atoms with Crippen molar-refractivity contribution in [2.45, 2.75) is 95.7 Å². The first-order valence-corrected chi connectivity index (χ1v) is 14.1. The Morgan fingerprint density at radius 1 is 0.944 bits per heavy atom. The van der Waals surface area contributed by atoms with E-state index in [4.69, 9.17) is 4.42 Å². The molecule has 2 aromatic heterocycles. The molecule has 1 atom stereocenters. The zero-order chi connectivity index (χ0) is 25.0. The number of hydrogen-bond acceptors (Lipinski definition) is 4. The molecule has 7 heteroatoms. The van der Waals surface area contributed by atoms with E-state index in [0.29, 0.717) is 18.8 Å². The summed E-state index contributed by atoms with van der Waals surface area (Å²) < 4.78 is 7.66. The monoisotopic (exact) mass is 494 g/mol. The lowest BCUT2D eigenvalue weighted by molar-refractivity contribution is -0.133. The van der Waals surface area contributed by atoms with Gasteiger partial charge >= 0.3 is 0 Å². The van der Waals surface area contributed by atoms with Gasteiger partial charge in [0.2, 0.25) is 5.91 Å². The number of amides is 2. The zero-order valence-electron chi connectivity index (χ0n) is 21.8. The third kappa shape index (κ3) is 5.26. The van der Waals surface area contributed by atoms with Crippen LogP contribution in [0.5, 0.6) is 0 Å². The summed E-state index contributed by atoms with van der Waals surface area (Å²) in [6, 6.07) is 7.77. The van der Waals surface area contributed by atoms with Crippen LogP contribution in [-0.4, -0.2) is 63.9 Å². The normalized spacial score (nSPS) is 24.6. The molecule has 0 radical (unpaired) electrons. The fourth-order valence-electron chi connectivity index (χ4n) is 6.30. The molecule has 196 valence electrons. The van der Waals surface area contributed by atoms with Crippen LogP contribution in [0.1, 0.15) is 88.0 Å². The molecule has 4 heterocycles. The van der Waals surface area contributed by atoms with Crippen LogP contribution in [-0.2, 0) is 11.3 Å². The van der Waals surface area contributed by atoms with Gasteiger partial charge in [-0.1, -0.05) is 44.9 Å². The Morgan fingerprint density at radius 2 is 1.61 bits per heavy atom. The molecule has 0 spiro atoms. The summed E-state index contributed by atoms with van der Waals surface area (Å²) in [7, 11) is 0. The van der Waals surface area contributed by atoms with Gasteiger partial charge in [-0.25, -0.2) is 0 Å². The molecule has 1 aliphatic carbocycles. The lowest BCUT2D eigenvalue weighted by Crippen LogP contribution is -2.65. The number of carbonyl (C=O) groups excluding carboxylic acids is 2. The minimum absolute atomic E-state index is 0.0259. The first kappa shape index (κ1) is 25.1. The third-order valence-corrected chi connectivity index (χ3v) is 8.55. The average molecular weight is 495 g/mol. The van der Waals surface area contributed by atoms with Crippen molar-refractivity contribution in [3.63, 3.8) is 0 Å². The molecule has 5 rings (SSSR count). The Hall–Kier alpha value is -2.54. The summed E-state index contributed by atoms with van der Waals surface area (Å²) in [5, 5.41) is 3.39. The second-order valence-electron chi connectivity index (χ2n) is 11.2. The van der Waals surface area contributed by atoms with E-state index in [2.05, 4.69) is 10.2 Å². The molecule has 1 N–H and O–H groups in total. The second-order valence-corrected chi connectivity index (χ2v) is 11.2. The fourth-order valence-corrected chi connectivity index (χ4v) is 6.30. The SMILES string of the molecule is C[C@]1(C(=O)NC2CCCCCCC2)Cn2c(ccc2-c2ccco2)C(=O)N1CCN1CCCCCC1. The lowest BCUT2D eigenvalue weighted by Gasteiger charge is -2.45. The Bertz CT molecular complexity index is 1010. The standard InChI is InChI=1S/C29H42N4O3/c1-29(28(35)30-23-12-7-3-2-4-8-13-23)22-32-24(26-14-11-21-36-26)15-16-25(32)27(34)33(29)20-19-31-17-9-5-6-10-18-31/h11,14-16,21,23H,2-10,12-13,17-20,22H2,1H3,(H,30,35)/t29-/m1/s1. The highest BCUT2D eigenvalue weighted by Crippen LogP contribution is 2.33. The van der Waals surface area contributed by atoms with Crippen LogP contribution in [0.15, 0.2) is 34.9 Å². The topological polar surface area (TPSA) is 70.7 Å². The Balaban J connectivity index is 1.41. The molecule has 3 aliphatic rings. The molecule has 2 fully saturated rings. The van der Waals surface area contributed by atoms with Gasteiger partial charge in [0, 0.05) is 19.1 Å². The number of nitrogens with zero attached hydrogens (tertiary/aromatic N) is 3. The number of likely N-dealkylation sites (tertiary alicyclic amines) is 1. The molecular weight excluding hydrogens is 452 g/mol. The highest BCUT2D eigenvalue weighted by Gasteiger charge is 2.48. The van der Waals surface area contributed by atoms with E-state index in [9.17, 15) is 9.59 Å². The maximum atomic E-state index is 14.0. The number of aromatic nitrogens is 1. The number of fused-ring (bicyclic) bond motifs is 1. The number of nitrogens with one attached hydrogen (secondary N) is 1. The largest absolute Gasteiger partial charge is 0.463 e. The van der Waals surface area contributed by atoms with E-state index in [0.717, 1.165) is 56.8 Å². The quantitative estimate of drug-likeness (QED) is 0.609. The molecule has 36 heavy (non-hydrogen) atoms. The fraction of sp³-hybridized carbons (Fsp3) is 0.655. The van der Waals surface area contributed by atoms with Crippen LogP contribution < -0.4 is 5.32 Å². The molecule has 2 aromatic rings. The first-order valence-electron chi connectivity index (χ1n) is 14.1. The van der Waals surface area contributed by atoms with Crippen molar-refractivity contribution in [1.82, 2.24) is 19.7 Å². The van der Waals surface area contributed by atoms with Gasteiger partial charge in [-0.2, -0.15) is 0 Å². The Kier molecular flexibility index (Phi) is 7.85. The molecule has 1 saturated carbocycles. The highest BCUT2D eigenvalue weighted by atomic mass is 16.3. The minimum Gasteiger partial charge on any atom is -0.463 e. The van der Waals surface area contributed by atoms with Gasteiger partial charge in [0.25, 0.3) is 5.91 Å². The van der Waals surface area contributed by atoms with Crippen molar-refractivity contribution in [2.75, 3.05) is 26.2 Å². The summed E-state index contributed by atoms with van der Waals surface area (Å²) in [5.41, 5.74) is 0.521. The van der Waals surface area contributed by atoms with Gasteiger partial charge in [-0.05, 0) is 70.0 Å². The second kappa shape index (κ2) is 11.2. The predicted molar refractivity (Wildman–Crippen MR) is 141 cm³/mol. The Labute approximate surface area is 215 Å². The van der Waals surface area contributed by atoms with Crippen molar-refractivity contribution >= 4 is 11.8 Å².